The first-order valence-corrected chi connectivity index (χ1v) is 7.08. The number of ether oxygens (including phenoxy) is 2. The van der Waals surface area contributed by atoms with Crippen molar-refractivity contribution in [3.63, 3.8) is 0 Å². The third-order valence-corrected chi connectivity index (χ3v) is 3.16. The van der Waals surface area contributed by atoms with Crippen molar-refractivity contribution in [3.05, 3.63) is 59.9 Å². The first-order chi connectivity index (χ1) is 11.1. The van der Waals surface area contributed by atoms with E-state index in [2.05, 4.69) is 10.3 Å². The second-order valence-electron chi connectivity index (χ2n) is 4.84. The lowest BCUT2D eigenvalue weighted by Gasteiger charge is -2.17. The van der Waals surface area contributed by atoms with Gasteiger partial charge in [0.15, 0.2) is 0 Å². The van der Waals surface area contributed by atoms with Gasteiger partial charge in [-0.05, 0) is 29.8 Å². The lowest BCUT2D eigenvalue weighted by molar-refractivity contribution is -0.154. The molecule has 0 aliphatic rings. The minimum Gasteiger partial charge on any atom is -0.497 e. The number of aromatic nitrogens is 1. The molecule has 1 amide bonds. The number of benzene rings is 1. The number of nitrogens with one attached hydrogen (secondary N) is 1. The zero-order chi connectivity index (χ0) is 16.7. The van der Waals surface area contributed by atoms with E-state index in [9.17, 15) is 9.59 Å². The van der Waals surface area contributed by atoms with Gasteiger partial charge in [0.25, 0.3) is 5.91 Å². The highest BCUT2D eigenvalue weighted by Gasteiger charge is 2.23. The Kier molecular flexibility index (Phi) is 5.68. The molecule has 6 nitrogen and oxygen atoms in total. The van der Waals surface area contributed by atoms with E-state index in [0.29, 0.717) is 12.1 Å². The number of pyridine rings is 1. The average Bonchev–Trinajstić information content (AvgIpc) is 2.58. The molecule has 2 aromatic rings. The average molecular weight is 314 g/mol. The fraction of sp³-hybridized carbons (Fsp3) is 0.235. The Labute approximate surface area is 134 Å². The fourth-order valence-corrected chi connectivity index (χ4v) is 2.00. The Bertz CT molecular complexity index is 656. The van der Waals surface area contributed by atoms with Crippen molar-refractivity contribution < 1.29 is 19.1 Å². The third-order valence-electron chi connectivity index (χ3n) is 3.16. The smallest absolute Gasteiger partial charge is 0.303 e. The molecule has 0 fully saturated rings. The molecule has 1 aromatic carbocycles. The summed E-state index contributed by atoms with van der Waals surface area (Å²) in [6.07, 6.45) is 2.10. The van der Waals surface area contributed by atoms with E-state index in [1.54, 1.807) is 31.6 Å². The zero-order valence-corrected chi connectivity index (χ0v) is 13.0. The summed E-state index contributed by atoms with van der Waals surface area (Å²) in [7, 11) is 1.59. The highest BCUT2D eigenvalue weighted by Crippen LogP contribution is 2.17. The van der Waals surface area contributed by atoms with Gasteiger partial charge in [-0.2, -0.15) is 0 Å². The highest BCUT2D eigenvalue weighted by molar-refractivity contribution is 5.84. The van der Waals surface area contributed by atoms with Crippen molar-refractivity contribution in [1.29, 1.82) is 0 Å². The van der Waals surface area contributed by atoms with Gasteiger partial charge in [-0.25, -0.2) is 0 Å². The standard InChI is InChI=1S/C17H18N2O4/c1-12(20)23-16(14-7-9-18-10-8-14)17(21)19-11-13-3-5-15(22-2)6-4-13/h3-10,16H,11H2,1-2H3,(H,19,21). The van der Waals surface area contributed by atoms with Crippen LogP contribution in [0, 0.1) is 0 Å². The SMILES string of the molecule is COc1ccc(CNC(=O)C(OC(C)=O)c2ccncc2)cc1. The summed E-state index contributed by atoms with van der Waals surface area (Å²) in [6, 6.07) is 10.6. The summed E-state index contributed by atoms with van der Waals surface area (Å²) in [4.78, 5) is 27.5. The summed E-state index contributed by atoms with van der Waals surface area (Å²) in [5.74, 6) is -0.164. The normalized spacial score (nSPS) is 11.4. The van der Waals surface area contributed by atoms with E-state index in [4.69, 9.17) is 9.47 Å². The molecule has 1 unspecified atom stereocenters. The highest BCUT2D eigenvalue weighted by atomic mass is 16.5. The van der Waals surface area contributed by atoms with Crippen molar-refractivity contribution in [2.75, 3.05) is 7.11 Å². The van der Waals surface area contributed by atoms with Gasteiger partial charge in [0.05, 0.1) is 7.11 Å². The van der Waals surface area contributed by atoms with Crippen LogP contribution >= 0.6 is 0 Å². The van der Waals surface area contributed by atoms with E-state index in [1.165, 1.54) is 6.92 Å². The number of nitrogens with zero attached hydrogens (tertiary/aromatic N) is 1. The number of esters is 1. The summed E-state index contributed by atoms with van der Waals surface area (Å²) >= 11 is 0. The molecule has 0 aliphatic heterocycles. The van der Waals surface area contributed by atoms with Gasteiger partial charge in [-0.15, -0.1) is 0 Å². The number of amides is 1. The molecule has 0 spiro atoms. The van der Waals surface area contributed by atoms with Gasteiger partial charge in [-0.1, -0.05) is 12.1 Å². The van der Waals surface area contributed by atoms with Crippen LogP contribution < -0.4 is 10.1 Å². The van der Waals surface area contributed by atoms with E-state index in [0.717, 1.165) is 11.3 Å². The van der Waals surface area contributed by atoms with Crippen LogP contribution in [0.15, 0.2) is 48.8 Å². The molecule has 0 aliphatic carbocycles. The zero-order valence-electron chi connectivity index (χ0n) is 13.0. The van der Waals surface area contributed by atoms with Crippen molar-refractivity contribution in [3.8, 4) is 5.75 Å². The molecule has 0 saturated heterocycles. The molecule has 1 aromatic heterocycles. The van der Waals surface area contributed by atoms with E-state index in [-0.39, 0.29) is 5.91 Å². The molecular formula is C17H18N2O4. The Morgan fingerprint density at radius 2 is 1.78 bits per heavy atom. The van der Waals surface area contributed by atoms with Gasteiger partial charge in [0.1, 0.15) is 5.75 Å². The fourth-order valence-electron chi connectivity index (χ4n) is 2.00. The first-order valence-electron chi connectivity index (χ1n) is 7.08. The molecular weight excluding hydrogens is 296 g/mol. The minimum absolute atomic E-state index is 0.325. The second kappa shape index (κ2) is 7.93. The maximum Gasteiger partial charge on any atom is 0.303 e. The van der Waals surface area contributed by atoms with Crippen molar-refractivity contribution in [1.82, 2.24) is 10.3 Å². The Hall–Kier alpha value is -2.89. The predicted octanol–water partition coefficient (Wildman–Crippen LogP) is 2.01. The van der Waals surface area contributed by atoms with Crippen molar-refractivity contribution >= 4 is 11.9 Å². The molecule has 23 heavy (non-hydrogen) atoms. The van der Waals surface area contributed by atoms with Crippen LogP contribution in [-0.4, -0.2) is 24.0 Å². The molecule has 1 heterocycles. The van der Waals surface area contributed by atoms with Crippen molar-refractivity contribution in [2.45, 2.75) is 19.6 Å². The number of carbonyl (C=O) groups excluding carboxylic acids is 2. The Morgan fingerprint density at radius 1 is 1.13 bits per heavy atom. The van der Waals surface area contributed by atoms with E-state index in [1.807, 2.05) is 24.3 Å². The largest absolute Gasteiger partial charge is 0.497 e. The number of methoxy groups -OCH3 is 1. The van der Waals surface area contributed by atoms with Crippen LogP contribution in [0.2, 0.25) is 0 Å². The molecule has 1 atom stereocenters. The van der Waals surface area contributed by atoms with Gasteiger partial charge in [0, 0.05) is 31.4 Å². The number of hydrogen-bond donors (Lipinski definition) is 1. The van der Waals surface area contributed by atoms with Crippen LogP contribution in [0.4, 0.5) is 0 Å². The third kappa shape index (κ3) is 4.81. The van der Waals surface area contributed by atoms with Crippen molar-refractivity contribution in [2.24, 2.45) is 0 Å². The molecule has 0 saturated carbocycles. The quantitative estimate of drug-likeness (QED) is 0.825. The molecule has 1 N–H and O–H groups in total. The van der Waals surface area contributed by atoms with Gasteiger partial charge >= 0.3 is 5.97 Å². The summed E-state index contributed by atoms with van der Waals surface area (Å²) in [5.41, 5.74) is 1.48. The van der Waals surface area contributed by atoms with E-state index >= 15 is 0 Å². The first kappa shape index (κ1) is 16.5. The van der Waals surface area contributed by atoms with Crippen LogP contribution in [0.3, 0.4) is 0 Å². The van der Waals surface area contributed by atoms with Crippen LogP contribution in [0.5, 0.6) is 5.75 Å². The number of hydrogen-bond acceptors (Lipinski definition) is 5. The summed E-state index contributed by atoms with van der Waals surface area (Å²) in [5, 5.41) is 2.76. The second-order valence-corrected chi connectivity index (χ2v) is 4.84. The number of carbonyl (C=O) groups is 2. The maximum atomic E-state index is 12.3. The van der Waals surface area contributed by atoms with Crippen LogP contribution in [-0.2, 0) is 20.9 Å². The topological polar surface area (TPSA) is 77.5 Å². The molecule has 0 bridgehead atoms. The number of rotatable bonds is 6. The van der Waals surface area contributed by atoms with Gasteiger partial charge in [-0.3, -0.25) is 14.6 Å². The maximum absolute atomic E-state index is 12.3. The Balaban J connectivity index is 2.03. The minimum atomic E-state index is -0.992. The molecule has 6 heteroatoms. The summed E-state index contributed by atoms with van der Waals surface area (Å²) < 4.78 is 10.2. The summed E-state index contributed by atoms with van der Waals surface area (Å²) in [6.45, 7) is 1.59. The molecule has 2 rings (SSSR count). The lowest BCUT2D eigenvalue weighted by atomic mass is 10.1. The van der Waals surface area contributed by atoms with Gasteiger partial charge < -0.3 is 14.8 Å². The lowest BCUT2D eigenvalue weighted by Crippen LogP contribution is -2.31. The van der Waals surface area contributed by atoms with Crippen LogP contribution in [0.1, 0.15) is 24.2 Å². The van der Waals surface area contributed by atoms with Gasteiger partial charge in [0.2, 0.25) is 6.10 Å². The molecule has 0 radical (unpaired) electrons. The van der Waals surface area contributed by atoms with E-state index < -0.39 is 12.1 Å². The predicted molar refractivity (Wildman–Crippen MR) is 83.6 cm³/mol. The van der Waals surface area contributed by atoms with Crippen LogP contribution in [0.25, 0.3) is 0 Å². The monoisotopic (exact) mass is 314 g/mol. The Morgan fingerprint density at radius 3 is 2.35 bits per heavy atom. The molecule has 120 valence electrons.